The van der Waals surface area contributed by atoms with Crippen LogP contribution < -0.4 is 10.1 Å². The van der Waals surface area contributed by atoms with Gasteiger partial charge in [0.2, 0.25) is 5.91 Å². The molecule has 8 heteroatoms. The van der Waals surface area contributed by atoms with Gasteiger partial charge in [0.15, 0.2) is 11.0 Å². The van der Waals surface area contributed by atoms with Gasteiger partial charge in [-0.2, -0.15) is 0 Å². The minimum Gasteiger partial charge on any atom is -0.496 e. The van der Waals surface area contributed by atoms with Gasteiger partial charge in [-0.15, -0.1) is 16.8 Å². The van der Waals surface area contributed by atoms with E-state index in [1.54, 1.807) is 25.6 Å². The Morgan fingerprint density at radius 3 is 2.76 bits per heavy atom. The Balaban J connectivity index is 1.69. The maximum absolute atomic E-state index is 12.6. The first kappa shape index (κ1) is 20.6. The minimum absolute atomic E-state index is 0.0838. The largest absolute Gasteiger partial charge is 0.496 e. The number of hydrogen-bond acceptors (Lipinski definition) is 6. The van der Waals surface area contributed by atoms with Gasteiger partial charge < -0.3 is 10.1 Å². The maximum atomic E-state index is 12.6. The molecule has 0 aliphatic heterocycles. The van der Waals surface area contributed by atoms with E-state index in [1.165, 1.54) is 11.8 Å². The second-order valence-corrected chi connectivity index (χ2v) is 7.54. The molecule has 0 aliphatic rings. The smallest absolute Gasteiger partial charge is 0.233 e. The summed E-state index contributed by atoms with van der Waals surface area (Å²) in [6.07, 6.45) is 5.20. The summed E-state index contributed by atoms with van der Waals surface area (Å²) in [6.45, 7) is 6.61. The van der Waals surface area contributed by atoms with Crippen LogP contribution >= 0.6 is 11.8 Å². The first-order chi connectivity index (χ1) is 14.1. The van der Waals surface area contributed by atoms with Gasteiger partial charge in [0.05, 0.1) is 12.4 Å². The second kappa shape index (κ2) is 9.88. The number of amides is 1. The fourth-order valence-electron chi connectivity index (χ4n) is 2.77. The van der Waals surface area contributed by atoms with E-state index in [-0.39, 0.29) is 11.2 Å². The maximum Gasteiger partial charge on any atom is 0.233 e. The molecule has 2 aromatic heterocycles. The van der Waals surface area contributed by atoms with E-state index in [0.717, 1.165) is 22.7 Å². The van der Waals surface area contributed by atoms with Gasteiger partial charge in [-0.25, -0.2) is 0 Å². The number of nitrogens with one attached hydrogen (secondary N) is 1. The van der Waals surface area contributed by atoms with E-state index in [0.29, 0.717) is 18.2 Å². The van der Waals surface area contributed by atoms with Crippen molar-refractivity contribution in [3.8, 4) is 17.1 Å². The molecule has 3 aromatic rings. The summed E-state index contributed by atoms with van der Waals surface area (Å²) >= 11 is 1.36. The van der Waals surface area contributed by atoms with Crippen molar-refractivity contribution in [2.75, 3.05) is 7.11 Å². The summed E-state index contributed by atoms with van der Waals surface area (Å²) in [5.41, 5.74) is 1.84. The summed E-state index contributed by atoms with van der Waals surface area (Å²) in [5, 5.41) is 11.9. The van der Waals surface area contributed by atoms with Crippen LogP contribution in [0.2, 0.25) is 0 Å². The summed E-state index contributed by atoms with van der Waals surface area (Å²) in [5.74, 6) is 1.39. The van der Waals surface area contributed by atoms with Crippen molar-refractivity contribution in [2.45, 2.75) is 30.4 Å². The molecule has 0 fully saturated rings. The van der Waals surface area contributed by atoms with E-state index >= 15 is 0 Å². The van der Waals surface area contributed by atoms with Crippen LogP contribution in [0.5, 0.6) is 5.75 Å². The Hall–Kier alpha value is -3.13. The number of thioether (sulfide) groups is 1. The number of pyridine rings is 1. The molecule has 0 saturated heterocycles. The molecule has 0 unspecified atom stereocenters. The zero-order chi connectivity index (χ0) is 20.6. The Bertz CT molecular complexity index is 974. The van der Waals surface area contributed by atoms with Crippen LogP contribution in [0.3, 0.4) is 0 Å². The SMILES string of the molecule is C=CCn1c(S[C@@H](C)C(=O)NCc2ccccc2OC)nnc1-c1ccncc1. The van der Waals surface area contributed by atoms with Gasteiger partial charge in [-0.3, -0.25) is 14.3 Å². The highest BCUT2D eigenvalue weighted by Gasteiger charge is 2.20. The number of allylic oxidation sites excluding steroid dienone is 1. The van der Waals surface area contributed by atoms with Crippen LogP contribution in [0.1, 0.15) is 12.5 Å². The molecule has 1 aromatic carbocycles. The molecule has 1 amide bonds. The highest BCUT2D eigenvalue weighted by Crippen LogP contribution is 2.27. The average Bonchev–Trinajstić information content (AvgIpc) is 3.15. The highest BCUT2D eigenvalue weighted by molar-refractivity contribution is 8.00. The number of carbonyl (C=O) groups is 1. The number of ether oxygens (including phenoxy) is 1. The van der Waals surface area contributed by atoms with Crippen LogP contribution in [0.4, 0.5) is 0 Å². The summed E-state index contributed by atoms with van der Waals surface area (Å²) in [6, 6.07) is 11.4. The molecular formula is C21H23N5O2S. The molecule has 2 heterocycles. The third kappa shape index (κ3) is 5.03. The first-order valence-corrected chi connectivity index (χ1v) is 10.0. The van der Waals surface area contributed by atoms with Crippen LogP contribution in [0.25, 0.3) is 11.4 Å². The number of aromatic nitrogens is 4. The Labute approximate surface area is 174 Å². The molecule has 150 valence electrons. The molecule has 0 bridgehead atoms. The average molecular weight is 410 g/mol. The molecule has 0 aliphatic carbocycles. The number of para-hydroxylation sites is 1. The van der Waals surface area contributed by atoms with Crippen molar-refractivity contribution in [1.29, 1.82) is 0 Å². The Morgan fingerprint density at radius 2 is 2.03 bits per heavy atom. The Kier molecular flexibility index (Phi) is 7.02. The summed E-state index contributed by atoms with van der Waals surface area (Å²) < 4.78 is 7.27. The predicted octanol–water partition coefficient (Wildman–Crippen LogP) is 3.33. The van der Waals surface area contributed by atoms with Crippen molar-refractivity contribution >= 4 is 17.7 Å². The van der Waals surface area contributed by atoms with Crippen molar-refractivity contribution < 1.29 is 9.53 Å². The van der Waals surface area contributed by atoms with Crippen LogP contribution in [0.15, 0.2) is 66.6 Å². The van der Waals surface area contributed by atoms with E-state index < -0.39 is 0 Å². The molecule has 0 radical (unpaired) electrons. The second-order valence-electron chi connectivity index (χ2n) is 6.23. The number of rotatable bonds is 9. The number of carbonyl (C=O) groups excluding carboxylic acids is 1. The molecule has 1 N–H and O–H groups in total. The number of methoxy groups -OCH3 is 1. The molecule has 7 nitrogen and oxygen atoms in total. The molecule has 0 spiro atoms. The normalized spacial score (nSPS) is 11.7. The van der Waals surface area contributed by atoms with E-state index in [1.807, 2.05) is 47.9 Å². The lowest BCUT2D eigenvalue weighted by molar-refractivity contribution is -0.120. The van der Waals surface area contributed by atoms with Gasteiger partial charge in [0.1, 0.15) is 5.75 Å². The monoisotopic (exact) mass is 409 g/mol. The van der Waals surface area contributed by atoms with E-state index in [2.05, 4.69) is 27.1 Å². The van der Waals surface area contributed by atoms with E-state index in [9.17, 15) is 4.79 Å². The van der Waals surface area contributed by atoms with E-state index in [4.69, 9.17) is 4.74 Å². The zero-order valence-corrected chi connectivity index (χ0v) is 17.2. The third-order valence-electron chi connectivity index (χ3n) is 4.26. The van der Waals surface area contributed by atoms with Crippen molar-refractivity contribution in [1.82, 2.24) is 25.1 Å². The third-order valence-corrected chi connectivity index (χ3v) is 5.34. The number of hydrogen-bond donors (Lipinski definition) is 1. The molecular weight excluding hydrogens is 386 g/mol. The van der Waals surface area contributed by atoms with Crippen LogP contribution in [-0.2, 0) is 17.9 Å². The predicted molar refractivity (Wildman–Crippen MR) is 114 cm³/mol. The number of benzene rings is 1. The standard InChI is InChI=1S/C21H23N5O2S/c1-4-13-26-19(16-9-11-22-12-10-16)24-25-21(26)29-15(2)20(27)23-14-17-7-5-6-8-18(17)28-3/h4-12,15H,1,13-14H2,2-3H3,(H,23,27)/t15-/m0/s1. The lowest BCUT2D eigenvalue weighted by Gasteiger charge is -2.14. The molecule has 3 rings (SSSR count). The quantitative estimate of drug-likeness (QED) is 0.431. The molecule has 0 saturated carbocycles. The van der Waals surface area contributed by atoms with Crippen molar-refractivity contribution in [2.24, 2.45) is 0 Å². The van der Waals surface area contributed by atoms with Crippen molar-refractivity contribution in [3.63, 3.8) is 0 Å². The number of nitrogens with zero attached hydrogens (tertiary/aromatic N) is 4. The van der Waals surface area contributed by atoms with Gasteiger partial charge in [0, 0.05) is 36.6 Å². The summed E-state index contributed by atoms with van der Waals surface area (Å²) in [7, 11) is 1.62. The van der Waals surface area contributed by atoms with Gasteiger partial charge in [-0.1, -0.05) is 36.0 Å². The highest BCUT2D eigenvalue weighted by atomic mass is 32.2. The topological polar surface area (TPSA) is 81.9 Å². The minimum atomic E-state index is -0.345. The fraction of sp³-hybridized carbons (Fsp3) is 0.238. The van der Waals surface area contributed by atoms with Gasteiger partial charge in [0.25, 0.3) is 0 Å². The van der Waals surface area contributed by atoms with Gasteiger partial charge >= 0.3 is 0 Å². The Morgan fingerprint density at radius 1 is 1.28 bits per heavy atom. The van der Waals surface area contributed by atoms with Crippen LogP contribution in [0, 0.1) is 0 Å². The molecule has 1 atom stereocenters. The van der Waals surface area contributed by atoms with Crippen molar-refractivity contribution in [3.05, 3.63) is 67.0 Å². The fourth-order valence-corrected chi connectivity index (χ4v) is 3.65. The zero-order valence-electron chi connectivity index (χ0n) is 16.4. The summed E-state index contributed by atoms with van der Waals surface area (Å²) in [4.78, 5) is 16.6. The lowest BCUT2D eigenvalue weighted by atomic mass is 10.2. The van der Waals surface area contributed by atoms with Gasteiger partial charge in [-0.05, 0) is 25.1 Å². The van der Waals surface area contributed by atoms with Crippen LogP contribution in [-0.4, -0.2) is 38.0 Å². The first-order valence-electron chi connectivity index (χ1n) is 9.14. The lowest BCUT2D eigenvalue weighted by Crippen LogP contribution is -2.30. The molecule has 29 heavy (non-hydrogen) atoms.